The summed E-state index contributed by atoms with van der Waals surface area (Å²) < 4.78 is 1.58. The van der Waals surface area contributed by atoms with E-state index in [0.717, 1.165) is 12.0 Å². The molecule has 0 aliphatic carbocycles. The Bertz CT molecular complexity index is 977. The van der Waals surface area contributed by atoms with Crippen LogP contribution in [0, 0.1) is 0 Å². The molecule has 1 amide bonds. The number of hydrogen-bond donors (Lipinski definition) is 0. The Kier molecular flexibility index (Phi) is 6.01. The summed E-state index contributed by atoms with van der Waals surface area (Å²) >= 11 is 0. The number of aromatic nitrogens is 2. The number of aryl methyl sites for hydroxylation is 2. The molecule has 0 saturated carbocycles. The van der Waals surface area contributed by atoms with E-state index in [1.807, 2.05) is 25.2 Å². The van der Waals surface area contributed by atoms with Gasteiger partial charge in [0.25, 0.3) is 5.56 Å². The molecule has 5 heteroatoms. The van der Waals surface area contributed by atoms with E-state index in [9.17, 15) is 9.59 Å². The molecule has 0 bridgehead atoms. The monoisotopic (exact) mass is 363 g/mol. The lowest BCUT2D eigenvalue weighted by Gasteiger charge is -2.17. The van der Waals surface area contributed by atoms with Crippen molar-refractivity contribution in [3.05, 3.63) is 76.3 Å². The van der Waals surface area contributed by atoms with Crippen LogP contribution >= 0.6 is 0 Å². The molecule has 0 spiro atoms. The van der Waals surface area contributed by atoms with Gasteiger partial charge in [0.15, 0.2) is 0 Å². The third kappa shape index (κ3) is 4.61. The summed E-state index contributed by atoms with van der Waals surface area (Å²) in [6.45, 7) is 3.21. The zero-order valence-corrected chi connectivity index (χ0v) is 15.9. The van der Waals surface area contributed by atoms with Gasteiger partial charge in [-0.25, -0.2) is 4.98 Å². The van der Waals surface area contributed by atoms with Gasteiger partial charge in [-0.2, -0.15) is 0 Å². The Labute approximate surface area is 159 Å². The highest BCUT2D eigenvalue weighted by atomic mass is 16.2. The molecule has 0 fully saturated rings. The van der Waals surface area contributed by atoms with Crippen LogP contribution in [0.4, 0.5) is 0 Å². The Balaban J connectivity index is 1.54. The summed E-state index contributed by atoms with van der Waals surface area (Å²) in [5.41, 5.74) is 3.06. The number of hydrogen-bond acceptors (Lipinski definition) is 3. The number of carbonyl (C=O) groups is 1. The van der Waals surface area contributed by atoms with E-state index >= 15 is 0 Å². The van der Waals surface area contributed by atoms with Crippen molar-refractivity contribution in [1.29, 1.82) is 0 Å². The fourth-order valence-electron chi connectivity index (χ4n) is 3.10. The third-order valence-corrected chi connectivity index (χ3v) is 4.80. The van der Waals surface area contributed by atoms with Crippen LogP contribution in [0.15, 0.2) is 59.7 Å². The molecule has 0 atom stereocenters. The summed E-state index contributed by atoms with van der Waals surface area (Å²) in [5, 5.41) is 0.610. The molecule has 0 unspecified atom stereocenters. The standard InChI is InChI=1S/C22H25N3O2/c1-3-17-10-12-18(13-11-17)15-24(2)21(26)9-6-14-25-16-23-20-8-5-4-7-19(20)22(25)27/h4-5,7-8,10-13,16H,3,6,9,14-15H2,1-2H3. The highest BCUT2D eigenvalue weighted by Crippen LogP contribution is 2.09. The number of carbonyl (C=O) groups excluding carboxylic acids is 1. The third-order valence-electron chi connectivity index (χ3n) is 4.80. The van der Waals surface area contributed by atoms with Gasteiger partial charge in [0.1, 0.15) is 0 Å². The second-order valence-electron chi connectivity index (χ2n) is 6.78. The Morgan fingerprint density at radius 1 is 1.07 bits per heavy atom. The summed E-state index contributed by atoms with van der Waals surface area (Å²) in [5.74, 6) is 0.0800. The minimum atomic E-state index is -0.0579. The average Bonchev–Trinajstić information content (AvgIpc) is 2.70. The fourth-order valence-corrected chi connectivity index (χ4v) is 3.10. The zero-order chi connectivity index (χ0) is 19.2. The minimum absolute atomic E-state index is 0.0579. The minimum Gasteiger partial charge on any atom is -0.341 e. The molecule has 5 nitrogen and oxygen atoms in total. The molecule has 0 aliphatic heterocycles. The number of rotatable bonds is 7. The fraction of sp³-hybridized carbons (Fsp3) is 0.318. The second-order valence-corrected chi connectivity index (χ2v) is 6.78. The molecule has 2 aromatic carbocycles. The maximum absolute atomic E-state index is 12.5. The average molecular weight is 363 g/mol. The maximum Gasteiger partial charge on any atom is 0.261 e. The topological polar surface area (TPSA) is 55.2 Å². The Morgan fingerprint density at radius 3 is 2.52 bits per heavy atom. The van der Waals surface area contributed by atoms with Gasteiger partial charge >= 0.3 is 0 Å². The van der Waals surface area contributed by atoms with E-state index < -0.39 is 0 Å². The largest absolute Gasteiger partial charge is 0.341 e. The van der Waals surface area contributed by atoms with E-state index in [4.69, 9.17) is 0 Å². The Hall–Kier alpha value is -2.95. The molecule has 0 radical (unpaired) electrons. The summed E-state index contributed by atoms with van der Waals surface area (Å²) in [4.78, 5) is 30.9. The smallest absolute Gasteiger partial charge is 0.261 e. The first-order valence-corrected chi connectivity index (χ1v) is 9.34. The lowest BCUT2D eigenvalue weighted by molar-refractivity contribution is -0.130. The predicted molar refractivity (Wildman–Crippen MR) is 108 cm³/mol. The van der Waals surface area contributed by atoms with Crippen LogP contribution in [-0.2, 0) is 24.3 Å². The molecule has 3 rings (SSSR count). The summed E-state index contributed by atoms with van der Waals surface area (Å²) in [6, 6.07) is 15.7. The van der Waals surface area contributed by atoms with Gasteiger partial charge in [-0.05, 0) is 36.1 Å². The van der Waals surface area contributed by atoms with E-state index in [1.54, 1.807) is 21.9 Å². The molecule has 1 heterocycles. The SMILES string of the molecule is CCc1ccc(CN(C)C(=O)CCCn2cnc3ccccc3c2=O)cc1. The molecule has 3 aromatic rings. The number of para-hydroxylation sites is 1. The van der Waals surface area contributed by atoms with Gasteiger partial charge in [-0.15, -0.1) is 0 Å². The van der Waals surface area contributed by atoms with Crippen LogP contribution < -0.4 is 5.56 Å². The molecule has 140 valence electrons. The van der Waals surface area contributed by atoms with Crippen molar-refractivity contribution >= 4 is 16.8 Å². The van der Waals surface area contributed by atoms with Gasteiger partial charge in [-0.1, -0.05) is 43.3 Å². The van der Waals surface area contributed by atoms with Gasteiger partial charge in [0.05, 0.1) is 17.2 Å². The highest BCUT2D eigenvalue weighted by Gasteiger charge is 2.10. The van der Waals surface area contributed by atoms with Gasteiger partial charge in [0, 0.05) is 26.6 Å². The number of fused-ring (bicyclic) bond motifs is 1. The normalized spacial score (nSPS) is 10.9. The first kappa shape index (κ1) is 18.8. The zero-order valence-electron chi connectivity index (χ0n) is 15.9. The van der Waals surface area contributed by atoms with Crippen molar-refractivity contribution in [2.75, 3.05) is 7.05 Å². The molecule has 1 aromatic heterocycles. The van der Waals surface area contributed by atoms with E-state index in [2.05, 4.69) is 36.2 Å². The van der Waals surface area contributed by atoms with Crippen molar-refractivity contribution in [3.63, 3.8) is 0 Å². The van der Waals surface area contributed by atoms with Crippen molar-refractivity contribution in [3.8, 4) is 0 Å². The number of amides is 1. The molecule has 0 aliphatic rings. The van der Waals surface area contributed by atoms with Crippen LogP contribution in [-0.4, -0.2) is 27.4 Å². The number of benzene rings is 2. The van der Waals surface area contributed by atoms with Crippen molar-refractivity contribution < 1.29 is 4.79 Å². The van der Waals surface area contributed by atoms with E-state index in [-0.39, 0.29) is 11.5 Å². The van der Waals surface area contributed by atoms with Crippen LogP contribution in [0.1, 0.15) is 30.9 Å². The van der Waals surface area contributed by atoms with Crippen molar-refractivity contribution in [1.82, 2.24) is 14.5 Å². The summed E-state index contributed by atoms with van der Waals surface area (Å²) in [6.07, 6.45) is 3.59. The lowest BCUT2D eigenvalue weighted by Crippen LogP contribution is -2.27. The summed E-state index contributed by atoms with van der Waals surface area (Å²) in [7, 11) is 1.82. The van der Waals surface area contributed by atoms with Crippen LogP contribution in [0.25, 0.3) is 10.9 Å². The maximum atomic E-state index is 12.5. The molecular formula is C22H25N3O2. The predicted octanol–water partition coefficient (Wildman–Crippen LogP) is 3.40. The van der Waals surface area contributed by atoms with E-state index in [1.165, 1.54) is 5.56 Å². The van der Waals surface area contributed by atoms with Crippen LogP contribution in [0.3, 0.4) is 0 Å². The first-order valence-electron chi connectivity index (χ1n) is 9.34. The molecular weight excluding hydrogens is 338 g/mol. The van der Waals surface area contributed by atoms with Gasteiger partial charge in [-0.3, -0.25) is 14.2 Å². The first-order chi connectivity index (χ1) is 13.1. The Morgan fingerprint density at radius 2 is 1.78 bits per heavy atom. The highest BCUT2D eigenvalue weighted by molar-refractivity contribution is 5.77. The van der Waals surface area contributed by atoms with Gasteiger partial charge < -0.3 is 4.90 Å². The lowest BCUT2D eigenvalue weighted by atomic mass is 10.1. The van der Waals surface area contributed by atoms with E-state index in [0.29, 0.717) is 36.8 Å². The van der Waals surface area contributed by atoms with Crippen LogP contribution in [0.5, 0.6) is 0 Å². The quantitative estimate of drug-likeness (QED) is 0.646. The molecule has 0 N–H and O–H groups in total. The van der Waals surface area contributed by atoms with Crippen molar-refractivity contribution in [2.24, 2.45) is 0 Å². The van der Waals surface area contributed by atoms with Crippen molar-refractivity contribution in [2.45, 2.75) is 39.3 Å². The number of nitrogens with zero attached hydrogens (tertiary/aromatic N) is 3. The van der Waals surface area contributed by atoms with Gasteiger partial charge in [0.2, 0.25) is 5.91 Å². The van der Waals surface area contributed by atoms with Crippen LogP contribution in [0.2, 0.25) is 0 Å². The molecule has 27 heavy (non-hydrogen) atoms. The second kappa shape index (κ2) is 8.62. The molecule has 0 saturated heterocycles.